The van der Waals surface area contributed by atoms with E-state index in [-0.39, 0.29) is 18.5 Å². The summed E-state index contributed by atoms with van der Waals surface area (Å²) in [5, 5.41) is 11.7. The molecule has 1 N–H and O–H groups in total. The summed E-state index contributed by atoms with van der Waals surface area (Å²) in [6.07, 6.45) is 0.934. The van der Waals surface area contributed by atoms with Crippen LogP contribution in [0.3, 0.4) is 0 Å². The average Bonchev–Trinajstić information content (AvgIpc) is 2.40. The van der Waals surface area contributed by atoms with Gasteiger partial charge in [-0.05, 0) is 25.5 Å². The van der Waals surface area contributed by atoms with Gasteiger partial charge in [-0.25, -0.2) is 0 Å². The van der Waals surface area contributed by atoms with Crippen LogP contribution < -0.4 is 5.32 Å². The molecule has 102 valence electrons. The fourth-order valence-corrected chi connectivity index (χ4v) is 1.95. The van der Waals surface area contributed by atoms with Gasteiger partial charge in [-0.1, -0.05) is 37.3 Å². The third-order valence-corrected chi connectivity index (χ3v) is 2.88. The minimum absolute atomic E-state index is 0.0146. The van der Waals surface area contributed by atoms with Gasteiger partial charge in [-0.3, -0.25) is 9.69 Å². The Labute approximate surface area is 115 Å². The Morgan fingerprint density at radius 3 is 2.68 bits per heavy atom. The van der Waals surface area contributed by atoms with Crippen molar-refractivity contribution >= 4 is 5.91 Å². The Hall–Kier alpha value is -1.86. The first-order valence-electron chi connectivity index (χ1n) is 6.61. The van der Waals surface area contributed by atoms with E-state index in [9.17, 15) is 4.79 Å². The largest absolute Gasteiger partial charge is 0.348 e. The molecule has 4 heteroatoms. The molecule has 0 saturated carbocycles. The van der Waals surface area contributed by atoms with Gasteiger partial charge in [0, 0.05) is 0 Å². The van der Waals surface area contributed by atoms with E-state index in [0.29, 0.717) is 6.54 Å². The molecule has 0 radical (unpaired) electrons. The topological polar surface area (TPSA) is 56.1 Å². The van der Waals surface area contributed by atoms with Gasteiger partial charge in [0.05, 0.1) is 25.2 Å². The van der Waals surface area contributed by atoms with Crippen molar-refractivity contribution in [2.75, 3.05) is 19.6 Å². The van der Waals surface area contributed by atoms with Crippen molar-refractivity contribution in [3.63, 3.8) is 0 Å². The second-order valence-electron chi connectivity index (χ2n) is 4.57. The number of hydrogen-bond donors (Lipinski definition) is 1. The van der Waals surface area contributed by atoms with Crippen LogP contribution in [0.2, 0.25) is 0 Å². The Balaban J connectivity index is 2.48. The van der Waals surface area contributed by atoms with Gasteiger partial charge in [-0.2, -0.15) is 5.26 Å². The zero-order valence-electron chi connectivity index (χ0n) is 11.6. The fraction of sp³-hybridized carbons (Fsp3) is 0.467. The Kier molecular flexibility index (Phi) is 6.62. The number of rotatable bonds is 7. The highest BCUT2D eigenvalue weighted by Gasteiger charge is 2.12. The predicted molar refractivity (Wildman–Crippen MR) is 75.3 cm³/mol. The summed E-state index contributed by atoms with van der Waals surface area (Å²) in [5.41, 5.74) is 1.08. The molecule has 1 amide bonds. The van der Waals surface area contributed by atoms with E-state index in [0.717, 1.165) is 18.5 Å². The predicted octanol–water partition coefficient (Wildman–Crippen LogP) is 2.10. The van der Waals surface area contributed by atoms with E-state index >= 15 is 0 Å². The lowest BCUT2D eigenvalue weighted by Crippen LogP contribution is -2.38. The van der Waals surface area contributed by atoms with Crippen molar-refractivity contribution in [3.8, 4) is 6.07 Å². The molecular weight excluding hydrogens is 238 g/mol. The van der Waals surface area contributed by atoms with Crippen molar-refractivity contribution in [1.82, 2.24) is 10.2 Å². The number of nitrogens with zero attached hydrogens (tertiary/aromatic N) is 2. The molecule has 0 saturated heterocycles. The molecule has 1 aromatic rings. The van der Waals surface area contributed by atoms with E-state index in [4.69, 9.17) is 5.26 Å². The van der Waals surface area contributed by atoms with Crippen LogP contribution in [0.4, 0.5) is 0 Å². The smallest absolute Gasteiger partial charge is 0.234 e. The first kappa shape index (κ1) is 15.2. The molecule has 1 aromatic carbocycles. The van der Waals surface area contributed by atoms with Crippen LogP contribution in [0.15, 0.2) is 30.3 Å². The van der Waals surface area contributed by atoms with Crippen LogP contribution in [0.5, 0.6) is 0 Å². The van der Waals surface area contributed by atoms with Gasteiger partial charge in [0.1, 0.15) is 0 Å². The first-order valence-corrected chi connectivity index (χ1v) is 6.61. The lowest BCUT2D eigenvalue weighted by Gasteiger charge is -2.20. The molecule has 0 aliphatic rings. The van der Waals surface area contributed by atoms with E-state index in [1.807, 2.05) is 49.1 Å². The van der Waals surface area contributed by atoms with Crippen LogP contribution in [0, 0.1) is 11.3 Å². The molecule has 0 aliphatic heterocycles. The molecule has 0 aromatic heterocycles. The number of carbonyl (C=O) groups is 1. The number of nitriles is 1. The number of amides is 1. The lowest BCUT2D eigenvalue weighted by atomic mass is 10.1. The van der Waals surface area contributed by atoms with Crippen LogP contribution in [-0.2, 0) is 4.79 Å². The molecule has 0 spiro atoms. The number of benzene rings is 1. The normalized spacial score (nSPS) is 11.9. The van der Waals surface area contributed by atoms with Crippen molar-refractivity contribution < 1.29 is 4.79 Å². The summed E-state index contributed by atoms with van der Waals surface area (Å²) < 4.78 is 0. The van der Waals surface area contributed by atoms with E-state index in [1.54, 1.807) is 0 Å². The molecule has 0 bridgehead atoms. The first-order chi connectivity index (χ1) is 9.17. The number of nitrogens with one attached hydrogen (secondary N) is 1. The maximum atomic E-state index is 11.9. The maximum absolute atomic E-state index is 11.9. The van der Waals surface area contributed by atoms with Gasteiger partial charge < -0.3 is 5.32 Å². The van der Waals surface area contributed by atoms with E-state index in [1.165, 1.54) is 0 Å². The summed E-state index contributed by atoms with van der Waals surface area (Å²) in [4.78, 5) is 13.8. The van der Waals surface area contributed by atoms with E-state index < -0.39 is 0 Å². The third kappa shape index (κ3) is 5.54. The Bertz CT molecular complexity index is 425. The molecule has 4 nitrogen and oxygen atoms in total. The highest BCUT2D eigenvalue weighted by Crippen LogP contribution is 2.10. The van der Waals surface area contributed by atoms with Gasteiger partial charge in [0.15, 0.2) is 0 Å². The number of hydrogen-bond acceptors (Lipinski definition) is 3. The monoisotopic (exact) mass is 259 g/mol. The molecular formula is C15H21N3O. The van der Waals surface area contributed by atoms with Gasteiger partial charge in [0.2, 0.25) is 5.91 Å². The van der Waals surface area contributed by atoms with Crippen LogP contribution in [0.25, 0.3) is 0 Å². The fourth-order valence-electron chi connectivity index (χ4n) is 1.95. The highest BCUT2D eigenvalue weighted by atomic mass is 16.2. The van der Waals surface area contributed by atoms with Crippen molar-refractivity contribution in [2.24, 2.45) is 0 Å². The minimum Gasteiger partial charge on any atom is -0.348 e. The van der Waals surface area contributed by atoms with Crippen molar-refractivity contribution in [2.45, 2.75) is 26.3 Å². The minimum atomic E-state index is -0.0416. The van der Waals surface area contributed by atoms with Crippen molar-refractivity contribution in [3.05, 3.63) is 35.9 Å². The van der Waals surface area contributed by atoms with Crippen LogP contribution >= 0.6 is 0 Å². The second-order valence-corrected chi connectivity index (χ2v) is 4.57. The van der Waals surface area contributed by atoms with Gasteiger partial charge in [0.25, 0.3) is 0 Å². The average molecular weight is 259 g/mol. The standard InChI is InChI=1S/C15H21N3O/c1-3-10-18(11-9-16)12-15(19)17-13(2)14-7-5-4-6-8-14/h4-8,13H,3,10-12H2,1-2H3,(H,17,19)/t13-/m1/s1. The van der Waals surface area contributed by atoms with E-state index in [2.05, 4.69) is 11.4 Å². The summed E-state index contributed by atoms with van der Waals surface area (Å²) in [7, 11) is 0. The number of carbonyl (C=O) groups excluding carboxylic acids is 1. The maximum Gasteiger partial charge on any atom is 0.234 e. The Morgan fingerprint density at radius 2 is 2.11 bits per heavy atom. The summed E-state index contributed by atoms with van der Waals surface area (Å²) in [6, 6.07) is 11.9. The zero-order valence-corrected chi connectivity index (χ0v) is 11.6. The molecule has 0 heterocycles. The second kappa shape index (κ2) is 8.28. The molecule has 0 aliphatic carbocycles. The SMILES string of the molecule is CCCN(CC#N)CC(=O)N[C@H](C)c1ccccc1. The Morgan fingerprint density at radius 1 is 1.42 bits per heavy atom. The summed E-state index contributed by atoms with van der Waals surface area (Å²) in [5.74, 6) is -0.0416. The molecule has 19 heavy (non-hydrogen) atoms. The summed E-state index contributed by atoms with van der Waals surface area (Å²) in [6.45, 7) is 5.33. The molecule has 0 unspecified atom stereocenters. The molecule has 1 rings (SSSR count). The zero-order chi connectivity index (χ0) is 14.1. The van der Waals surface area contributed by atoms with Gasteiger partial charge in [-0.15, -0.1) is 0 Å². The van der Waals surface area contributed by atoms with Crippen LogP contribution in [-0.4, -0.2) is 30.4 Å². The lowest BCUT2D eigenvalue weighted by molar-refractivity contribution is -0.122. The molecule has 1 atom stereocenters. The summed E-state index contributed by atoms with van der Waals surface area (Å²) >= 11 is 0. The van der Waals surface area contributed by atoms with Gasteiger partial charge >= 0.3 is 0 Å². The van der Waals surface area contributed by atoms with Crippen LogP contribution in [0.1, 0.15) is 31.9 Å². The molecule has 0 fully saturated rings. The third-order valence-electron chi connectivity index (χ3n) is 2.88. The quantitative estimate of drug-likeness (QED) is 0.763. The highest BCUT2D eigenvalue weighted by molar-refractivity contribution is 5.78. The van der Waals surface area contributed by atoms with Crippen molar-refractivity contribution in [1.29, 1.82) is 5.26 Å².